The lowest BCUT2D eigenvalue weighted by atomic mass is 10.1. The first-order valence-electron chi connectivity index (χ1n) is 31.0. The zero-order valence-corrected chi connectivity index (χ0v) is 52.8. The van der Waals surface area contributed by atoms with E-state index >= 15 is 0 Å². The number of ether oxygens (including phenoxy) is 1. The van der Waals surface area contributed by atoms with Gasteiger partial charge in [-0.1, -0.05) is 56.3 Å². The van der Waals surface area contributed by atoms with Gasteiger partial charge in [0.2, 0.25) is 17.8 Å². The van der Waals surface area contributed by atoms with Crippen molar-refractivity contribution in [2.75, 3.05) is 168 Å². The number of anilines is 4. The summed E-state index contributed by atoms with van der Waals surface area (Å²) in [5.41, 5.74) is 17.9. The summed E-state index contributed by atoms with van der Waals surface area (Å²) in [5, 5.41) is 3.41. The summed E-state index contributed by atoms with van der Waals surface area (Å²) >= 11 is 0. The molecule has 0 aliphatic carbocycles. The van der Waals surface area contributed by atoms with Crippen molar-refractivity contribution in [1.29, 1.82) is 0 Å². The van der Waals surface area contributed by atoms with Gasteiger partial charge in [-0.15, -0.1) is 0 Å². The van der Waals surface area contributed by atoms with Gasteiger partial charge in [-0.2, -0.15) is 8.78 Å². The number of aromatic nitrogens is 6. The summed E-state index contributed by atoms with van der Waals surface area (Å²) in [6.07, 6.45) is 8.55. The number of carbonyl (C=O) groups excluding carboxylic acids is 3. The number of nitrogen functional groups attached to an aromatic ring is 1. The molecular formula is C65H94F2N18O4. The first kappa shape index (κ1) is 68.9. The van der Waals surface area contributed by atoms with E-state index in [1.54, 1.807) is 24.4 Å². The molecule has 6 aromatic rings. The number of hydrogen-bond donors (Lipinski definition) is 3. The van der Waals surface area contributed by atoms with Crippen LogP contribution < -0.4 is 21.7 Å². The fourth-order valence-electron chi connectivity index (χ4n) is 10.7. The highest BCUT2D eigenvalue weighted by atomic mass is 19.3. The van der Waals surface area contributed by atoms with E-state index in [1.165, 1.54) is 23.5 Å². The number of likely N-dealkylation sites (N-methyl/N-ethyl adjacent to an activating group) is 2. The lowest BCUT2D eigenvalue weighted by Crippen LogP contribution is -2.56. The van der Waals surface area contributed by atoms with Crippen LogP contribution in [0, 0.1) is 0 Å². The van der Waals surface area contributed by atoms with Crippen molar-refractivity contribution in [3.05, 3.63) is 133 Å². The molecule has 3 atom stereocenters. The number of nitrogens with two attached hydrogens (primary N) is 2. The second kappa shape index (κ2) is 35.6. The summed E-state index contributed by atoms with van der Waals surface area (Å²) in [4.78, 5) is 80.8. The van der Waals surface area contributed by atoms with Crippen molar-refractivity contribution in [2.45, 2.75) is 58.8 Å². The maximum atomic E-state index is 13.3. The van der Waals surface area contributed by atoms with Crippen molar-refractivity contribution in [3.8, 4) is 22.5 Å². The van der Waals surface area contributed by atoms with Crippen molar-refractivity contribution < 1.29 is 29.3 Å². The number of nitrogens with one attached hydrogen (secondary N) is 1. The molecule has 3 fully saturated rings. The number of benzene rings is 2. The predicted molar refractivity (Wildman–Crippen MR) is 348 cm³/mol. The van der Waals surface area contributed by atoms with Crippen LogP contribution in [0.15, 0.2) is 116 Å². The molecule has 0 radical (unpaired) electrons. The van der Waals surface area contributed by atoms with E-state index in [0.29, 0.717) is 56.1 Å². The Kier molecular flexibility index (Phi) is 27.6. The maximum absolute atomic E-state index is 13.3. The minimum absolute atomic E-state index is 0. The van der Waals surface area contributed by atoms with Gasteiger partial charge in [0.25, 0.3) is 5.91 Å². The van der Waals surface area contributed by atoms with E-state index < -0.39 is 11.8 Å². The number of piperazine rings is 3. The zero-order chi connectivity index (χ0) is 63.5. The topological polar surface area (TPSA) is 231 Å². The minimum Gasteiger partial charge on any atom is -0.378 e. The molecule has 3 unspecified atom stereocenters. The van der Waals surface area contributed by atoms with Gasteiger partial charge in [0.1, 0.15) is 12.1 Å². The van der Waals surface area contributed by atoms with E-state index in [1.807, 2.05) is 69.4 Å². The summed E-state index contributed by atoms with van der Waals surface area (Å²) in [5.74, 6) is -2.98. The number of amides is 2. The summed E-state index contributed by atoms with van der Waals surface area (Å²) in [6.45, 7) is 22.4. The van der Waals surface area contributed by atoms with Crippen LogP contribution in [0.5, 0.6) is 0 Å². The van der Waals surface area contributed by atoms with Gasteiger partial charge in [-0.05, 0) is 73.1 Å². The van der Waals surface area contributed by atoms with Crippen LogP contribution in [-0.2, 0) is 38.8 Å². The number of rotatable bonds is 15. The quantitative estimate of drug-likeness (QED) is 0.0831. The molecule has 3 saturated heterocycles. The van der Waals surface area contributed by atoms with Gasteiger partial charge in [-0.3, -0.25) is 39.1 Å². The molecule has 7 aliphatic heterocycles. The fraction of sp³-hybridized carbons (Fsp3) is 0.492. The monoisotopic (exact) mass is 1230 g/mol. The number of aldehydes is 1. The van der Waals surface area contributed by atoms with E-state index in [4.69, 9.17) is 26.2 Å². The molecule has 22 nitrogen and oxygen atoms in total. The largest absolute Gasteiger partial charge is 0.378 e. The second-order valence-electron chi connectivity index (χ2n) is 22.6. The summed E-state index contributed by atoms with van der Waals surface area (Å²) < 4.78 is 32.8. The molecule has 2 amide bonds. The van der Waals surface area contributed by atoms with Gasteiger partial charge in [-0.25, -0.2) is 24.9 Å². The third-order valence-corrected chi connectivity index (χ3v) is 15.8. The number of pyridine rings is 2. The molecule has 24 heteroatoms. The summed E-state index contributed by atoms with van der Waals surface area (Å²) in [6, 6.07) is 30.2. The minimum atomic E-state index is -3.45. The van der Waals surface area contributed by atoms with E-state index in [9.17, 15) is 23.2 Å². The Balaban J connectivity index is 0.000000248. The summed E-state index contributed by atoms with van der Waals surface area (Å²) in [7, 11) is 6.15. The van der Waals surface area contributed by atoms with Crippen LogP contribution in [0.4, 0.5) is 32.2 Å². The molecule has 5 N–H and O–H groups in total. The lowest BCUT2D eigenvalue weighted by Gasteiger charge is -2.41. The van der Waals surface area contributed by atoms with Crippen molar-refractivity contribution in [2.24, 2.45) is 5.73 Å². The number of alkyl halides is 2. The van der Waals surface area contributed by atoms with E-state index in [0.717, 1.165) is 145 Å². The normalized spacial score (nSPS) is 18.9. The molecule has 2 aromatic carbocycles. The van der Waals surface area contributed by atoms with Crippen molar-refractivity contribution in [1.82, 2.24) is 69.1 Å². The Hall–Kier alpha value is -7.55. The standard InChI is InChI=1S/C35H50N10O2.C15H18F2N6O.C13H18N2O.C2H6.H2/c1-40-14-16-43(17-15-40)20-21-47-27-31-25-44-18-19-45(31)24-28-6-4-7-30(22-28)38-35-36-11-10-32(39-35)29-8-9-33(37-23-29)41(2)12-5-13-42(3)34(46)26-44;1-15(16,17)13(24)23(7-5-18)9-11-3-2-10(8-21-11)12-4-6-20-14(19)22-12;16-11-10-14-6-8-15(9-7-14)12-13-4-2-1-3-5-13;1-2;/h4,6-11,22-23,31H,5,12-21,24-27H2,1-3H3,(H,36,38,39);2-4,6,8H,5,7,9,18H2,1H3,(H2,19,20,22);1-5,11H,6-10,12H2;1-2H3;1H. The SMILES string of the molecule is CC.CC(F)(F)C(=O)N(CCN)Cc1ccc(-c2ccnc(N)n2)cn1.CN1CCN(CCOCC2CN3CCN2Cc2cccc(c2)Nc2nccc(n2)-c2ccc(nc2)N(C)CCCN(C)C(=O)C3)CC1.O=CCN1CCN(Cc2ccccc2)CC1.[HH]. The molecule has 13 rings (SSSR count). The van der Waals surface area contributed by atoms with E-state index in [2.05, 4.69) is 109 Å². The van der Waals surface area contributed by atoms with Gasteiger partial charge in [0.05, 0.1) is 49.9 Å². The van der Waals surface area contributed by atoms with Crippen LogP contribution in [0.1, 0.15) is 45.4 Å². The lowest BCUT2D eigenvalue weighted by molar-refractivity contribution is -0.155. The smallest absolute Gasteiger partial charge is 0.322 e. The van der Waals surface area contributed by atoms with E-state index in [-0.39, 0.29) is 39.0 Å². The molecule has 11 heterocycles. The highest BCUT2D eigenvalue weighted by molar-refractivity contribution is 5.83. The predicted octanol–water partition coefficient (Wildman–Crippen LogP) is 5.67. The number of nitrogens with zero attached hydrogens (tertiary/aromatic N) is 15. The molecule has 7 aliphatic rings. The Bertz CT molecular complexity index is 3070. The van der Waals surface area contributed by atoms with Crippen LogP contribution in [0.3, 0.4) is 0 Å². The molecule has 0 saturated carbocycles. The molecule has 8 bridgehead atoms. The molecular weight excluding hydrogens is 1130 g/mol. The molecule has 0 spiro atoms. The average Bonchev–Trinajstić information content (AvgIpc) is 2.21. The zero-order valence-electron chi connectivity index (χ0n) is 52.8. The molecule has 4 aromatic heterocycles. The Morgan fingerprint density at radius 3 is 2.12 bits per heavy atom. The van der Waals surface area contributed by atoms with Crippen molar-refractivity contribution in [3.63, 3.8) is 0 Å². The van der Waals surface area contributed by atoms with Gasteiger partial charge in [0.15, 0.2) is 0 Å². The Morgan fingerprint density at radius 2 is 1.45 bits per heavy atom. The number of carbonyl (C=O) groups is 3. The fourth-order valence-corrected chi connectivity index (χ4v) is 10.7. The highest BCUT2D eigenvalue weighted by Gasteiger charge is 2.36. The first-order chi connectivity index (χ1) is 43.1. The van der Waals surface area contributed by atoms with Crippen molar-refractivity contribution >= 4 is 41.5 Å². The van der Waals surface area contributed by atoms with Crippen LogP contribution in [0.2, 0.25) is 0 Å². The van der Waals surface area contributed by atoms with Gasteiger partial charge >= 0.3 is 5.92 Å². The third-order valence-electron chi connectivity index (χ3n) is 15.8. The van der Waals surface area contributed by atoms with Gasteiger partial charge < -0.3 is 45.9 Å². The second-order valence-corrected chi connectivity index (χ2v) is 22.6. The highest BCUT2D eigenvalue weighted by Crippen LogP contribution is 2.25. The Labute approximate surface area is 525 Å². The Morgan fingerprint density at radius 1 is 0.764 bits per heavy atom. The third kappa shape index (κ3) is 22.5. The maximum Gasteiger partial charge on any atom is 0.322 e. The average molecular weight is 1230 g/mol. The first-order valence-corrected chi connectivity index (χ1v) is 31.0. The van der Waals surface area contributed by atoms with Crippen LogP contribution >= 0.6 is 0 Å². The van der Waals surface area contributed by atoms with Gasteiger partial charge in [0, 0.05) is 188 Å². The van der Waals surface area contributed by atoms with Crippen LogP contribution in [-0.4, -0.2) is 251 Å². The molecule has 482 valence electrons. The van der Waals surface area contributed by atoms with Crippen LogP contribution in [0.25, 0.3) is 22.5 Å². The number of hydrogen-bond acceptors (Lipinski definition) is 20. The number of halogens is 2. The molecule has 89 heavy (non-hydrogen) atoms.